The number of carbonyl (C=O) groups excluding carboxylic acids is 1. The minimum atomic E-state index is -0.560. The molecule has 1 aromatic rings. The minimum Gasteiger partial charge on any atom is -0.465 e. The summed E-state index contributed by atoms with van der Waals surface area (Å²) in [5.74, 6) is 0.384. The van der Waals surface area contributed by atoms with Gasteiger partial charge in [-0.2, -0.15) is 0 Å². The summed E-state index contributed by atoms with van der Waals surface area (Å²) < 4.78 is 5.32. The van der Waals surface area contributed by atoms with Gasteiger partial charge in [0.15, 0.2) is 0 Å². The SMILES string of the molecule is CCOC(=O)C(CC)(CC(C)CC)NCc1cccs1. The summed E-state index contributed by atoms with van der Waals surface area (Å²) in [4.78, 5) is 13.7. The molecule has 0 saturated heterocycles. The Morgan fingerprint density at radius 1 is 1.45 bits per heavy atom. The fourth-order valence-corrected chi connectivity index (χ4v) is 2.96. The van der Waals surface area contributed by atoms with Crippen LogP contribution < -0.4 is 5.32 Å². The van der Waals surface area contributed by atoms with Gasteiger partial charge >= 0.3 is 5.97 Å². The van der Waals surface area contributed by atoms with Crippen LogP contribution in [0.2, 0.25) is 0 Å². The molecule has 3 nitrogen and oxygen atoms in total. The van der Waals surface area contributed by atoms with Gasteiger partial charge in [0, 0.05) is 11.4 Å². The van der Waals surface area contributed by atoms with Crippen LogP contribution in [-0.4, -0.2) is 18.1 Å². The molecule has 0 fully saturated rings. The number of ether oxygens (including phenoxy) is 1. The van der Waals surface area contributed by atoms with Crippen LogP contribution in [0.5, 0.6) is 0 Å². The zero-order valence-corrected chi connectivity index (χ0v) is 13.9. The Bertz CT molecular complexity index is 391. The Morgan fingerprint density at radius 2 is 2.20 bits per heavy atom. The Kier molecular flexibility index (Phi) is 7.24. The number of nitrogens with one attached hydrogen (secondary N) is 1. The van der Waals surface area contributed by atoms with Crippen LogP contribution in [0, 0.1) is 5.92 Å². The summed E-state index contributed by atoms with van der Waals surface area (Å²) in [5, 5.41) is 5.53. The third-order valence-corrected chi connectivity index (χ3v) is 4.72. The second kappa shape index (κ2) is 8.42. The summed E-state index contributed by atoms with van der Waals surface area (Å²) in [6.45, 7) is 9.43. The lowest BCUT2D eigenvalue weighted by Gasteiger charge is -2.33. The van der Waals surface area contributed by atoms with Crippen molar-refractivity contribution in [1.82, 2.24) is 5.32 Å². The molecule has 0 radical (unpaired) electrons. The predicted molar refractivity (Wildman–Crippen MR) is 84.9 cm³/mol. The van der Waals surface area contributed by atoms with Gasteiger partial charge in [-0.15, -0.1) is 11.3 Å². The average molecular weight is 297 g/mol. The standard InChI is InChI=1S/C16H27NO2S/c1-5-13(4)11-16(6-2,15(18)19-7-3)17-12-14-9-8-10-20-14/h8-10,13,17H,5-7,11-12H2,1-4H3. The van der Waals surface area contributed by atoms with E-state index in [1.54, 1.807) is 11.3 Å². The predicted octanol–water partition coefficient (Wildman–Crippen LogP) is 3.99. The van der Waals surface area contributed by atoms with E-state index in [9.17, 15) is 4.79 Å². The molecule has 0 aliphatic heterocycles. The van der Waals surface area contributed by atoms with Crippen molar-refractivity contribution in [3.63, 3.8) is 0 Å². The molecule has 114 valence electrons. The fourth-order valence-electron chi connectivity index (χ4n) is 2.32. The van der Waals surface area contributed by atoms with Crippen LogP contribution >= 0.6 is 11.3 Å². The van der Waals surface area contributed by atoms with Crippen molar-refractivity contribution in [2.75, 3.05) is 6.61 Å². The van der Waals surface area contributed by atoms with Crippen molar-refractivity contribution < 1.29 is 9.53 Å². The maximum atomic E-state index is 12.4. The number of hydrogen-bond donors (Lipinski definition) is 1. The lowest BCUT2D eigenvalue weighted by molar-refractivity contribution is -0.152. The van der Waals surface area contributed by atoms with Crippen LogP contribution in [0.3, 0.4) is 0 Å². The van der Waals surface area contributed by atoms with Crippen LogP contribution in [0.1, 0.15) is 51.8 Å². The van der Waals surface area contributed by atoms with Crippen molar-refractivity contribution in [1.29, 1.82) is 0 Å². The molecule has 2 atom stereocenters. The van der Waals surface area contributed by atoms with Crippen LogP contribution in [-0.2, 0) is 16.1 Å². The molecule has 0 saturated carbocycles. The first-order chi connectivity index (χ1) is 9.57. The molecule has 2 unspecified atom stereocenters. The van der Waals surface area contributed by atoms with Crippen LogP contribution in [0.25, 0.3) is 0 Å². The Morgan fingerprint density at radius 3 is 2.70 bits per heavy atom. The van der Waals surface area contributed by atoms with Crippen molar-refractivity contribution in [3.05, 3.63) is 22.4 Å². The molecule has 1 aromatic heterocycles. The molecule has 4 heteroatoms. The smallest absolute Gasteiger partial charge is 0.326 e. The molecule has 1 N–H and O–H groups in total. The van der Waals surface area contributed by atoms with E-state index >= 15 is 0 Å². The summed E-state index contributed by atoms with van der Waals surface area (Å²) in [7, 11) is 0. The Hall–Kier alpha value is -0.870. The monoisotopic (exact) mass is 297 g/mol. The first-order valence-corrected chi connectivity index (χ1v) is 8.40. The largest absolute Gasteiger partial charge is 0.465 e. The lowest BCUT2D eigenvalue weighted by atomic mass is 9.84. The van der Waals surface area contributed by atoms with Crippen molar-refractivity contribution in [2.24, 2.45) is 5.92 Å². The molecule has 0 aliphatic carbocycles. The van der Waals surface area contributed by atoms with Crippen LogP contribution in [0.4, 0.5) is 0 Å². The van der Waals surface area contributed by atoms with E-state index in [0.29, 0.717) is 12.5 Å². The number of carbonyl (C=O) groups is 1. The highest BCUT2D eigenvalue weighted by Crippen LogP contribution is 2.25. The van der Waals surface area contributed by atoms with Gasteiger partial charge in [0.1, 0.15) is 5.54 Å². The highest BCUT2D eigenvalue weighted by Gasteiger charge is 2.38. The summed E-state index contributed by atoms with van der Waals surface area (Å²) >= 11 is 1.71. The van der Waals surface area contributed by atoms with Gasteiger partial charge < -0.3 is 4.74 Å². The number of hydrogen-bond acceptors (Lipinski definition) is 4. The van der Waals surface area contributed by atoms with Crippen LogP contribution in [0.15, 0.2) is 17.5 Å². The van der Waals surface area contributed by atoms with Crippen molar-refractivity contribution in [3.8, 4) is 0 Å². The Labute approximate surface area is 126 Å². The van der Waals surface area contributed by atoms with Gasteiger partial charge in [-0.1, -0.05) is 33.3 Å². The first kappa shape index (κ1) is 17.2. The Balaban J connectivity index is 2.82. The molecular formula is C16H27NO2S. The second-order valence-electron chi connectivity index (χ2n) is 5.31. The van der Waals surface area contributed by atoms with Crippen molar-refractivity contribution in [2.45, 2.75) is 59.0 Å². The van der Waals surface area contributed by atoms with Crippen molar-refractivity contribution >= 4 is 17.3 Å². The highest BCUT2D eigenvalue weighted by atomic mass is 32.1. The molecule has 1 rings (SSSR count). The third kappa shape index (κ3) is 4.60. The zero-order valence-electron chi connectivity index (χ0n) is 13.1. The maximum absolute atomic E-state index is 12.4. The average Bonchev–Trinajstić information content (AvgIpc) is 2.96. The maximum Gasteiger partial charge on any atom is 0.326 e. The normalized spacial score (nSPS) is 15.6. The van der Waals surface area contributed by atoms with Gasteiger partial charge in [-0.3, -0.25) is 10.1 Å². The van der Waals surface area contributed by atoms with Gasteiger partial charge in [-0.05, 0) is 37.1 Å². The van der Waals surface area contributed by atoms with Gasteiger partial charge in [0.2, 0.25) is 0 Å². The highest BCUT2D eigenvalue weighted by molar-refractivity contribution is 7.09. The van der Waals surface area contributed by atoms with Gasteiger partial charge in [0.05, 0.1) is 6.61 Å². The minimum absolute atomic E-state index is 0.112. The number of rotatable bonds is 9. The van der Waals surface area contributed by atoms with E-state index in [4.69, 9.17) is 4.74 Å². The molecule has 20 heavy (non-hydrogen) atoms. The second-order valence-corrected chi connectivity index (χ2v) is 6.34. The van der Waals surface area contributed by atoms with Gasteiger partial charge in [-0.25, -0.2) is 0 Å². The van der Waals surface area contributed by atoms with E-state index in [-0.39, 0.29) is 5.97 Å². The fraction of sp³-hybridized carbons (Fsp3) is 0.688. The quantitative estimate of drug-likeness (QED) is 0.701. The molecule has 1 heterocycles. The number of thiophene rings is 1. The van der Waals surface area contributed by atoms with E-state index in [1.807, 2.05) is 13.0 Å². The molecular weight excluding hydrogens is 270 g/mol. The first-order valence-electron chi connectivity index (χ1n) is 7.52. The molecule has 0 bridgehead atoms. The van der Waals surface area contributed by atoms with E-state index < -0.39 is 5.54 Å². The summed E-state index contributed by atoms with van der Waals surface area (Å²) in [5.41, 5.74) is -0.560. The molecule has 0 spiro atoms. The van der Waals surface area contributed by atoms with Gasteiger partial charge in [0.25, 0.3) is 0 Å². The molecule has 0 amide bonds. The zero-order chi connectivity index (χ0) is 15.0. The summed E-state index contributed by atoms with van der Waals surface area (Å²) in [6, 6.07) is 4.13. The third-order valence-electron chi connectivity index (χ3n) is 3.84. The van der Waals surface area contributed by atoms with E-state index in [0.717, 1.165) is 25.8 Å². The number of esters is 1. The van der Waals surface area contributed by atoms with E-state index in [1.165, 1.54) is 4.88 Å². The molecule has 0 aliphatic rings. The summed E-state index contributed by atoms with van der Waals surface area (Å²) in [6.07, 6.45) is 2.65. The van der Waals surface area contributed by atoms with E-state index in [2.05, 4.69) is 37.5 Å². The lowest BCUT2D eigenvalue weighted by Crippen LogP contribution is -2.53. The molecule has 0 aromatic carbocycles. The topological polar surface area (TPSA) is 38.3 Å².